The Balaban J connectivity index is 2.38. The van der Waals surface area contributed by atoms with Gasteiger partial charge in [0.25, 0.3) is 0 Å². The van der Waals surface area contributed by atoms with Crippen LogP contribution in [0.2, 0.25) is 0 Å². The first-order valence-corrected chi connectivity index (χ1v) is 6.74. The largest absolute Gasteiger partial charge is 0.497 e. The lowest BCUT2D eigenvalue weighted by Gasteiger charge is -2.06. The van der Waals surface area contributed by atoms with Gasteiger partial charge in [-0.1, -0.05) is 26.0 Å². The third-order valence-electron chi connectivity index (χ3n) is 2.53. The van der Waals surface area contributed by atoms with E-state index in [1.807, 2.05) is 32.0 Å². The molecule has 2 N–H and O–H groups in total. The number of amides is 2. The molecule has 1 rings (SSSR count). The van der Waals surface area contributed by atoms with E-state index in [-0.39, 0.29) is 12.3 Å². The average Bonchev–Trinajstić information content (AvgIpc) is 2.45. The second-order valence-electron chi connectivity index (χ2n) is 4.94. The number of benzene rings is 1. The van der Waals surface area contributed by atoms with E-state index in [1.54, 1.807) is 13.2 Å². The van der Waals surface area contributed by atoms with Crippen LogP contribution in [0, 0.1) is 5.92 Å². The molecule has 0 fully saturated rings. The first kappa shape index (κ1) is 16.7. The van der Waals surface area contributed by atoms with Crippen LogP contribution in [0.25, 0.3) is 0 Å². The molecule has 0 saturated carbocycles. The number of carbonyl (C=O) groups excluding carboxylic acids is 2. The second kappa shape index (κ2) is 8.73. The summed E-state index contributed by atoms with van der Waals surface area (Å²) in [5.41, 5.74) is 3.11. The van der Waals surface area contributed by atoms with Crippen molar-refractivity contribution in [2.24, 2.45) is 11.0 Å². The molecule has 21 heavy (non-hydrogen) atoms. The number of hydrogen-bond acceptors (Lipinski definition) is 4. The van der Waals surface area contributed by atoms with Crippen LogP contribution in [-0.2, 0) is 9.59 Å². The van der Waals surface area contributed by atoms with E-state index in [0.717, 1.165) is 5.56 Å². The lowest BCUT2D eigenvalue weighted by Crippen LogP contribution is -2.32. The van der Waals surface area contributed by atoms with Crippen LogP contribution in [0.3, 0.4) is 0 Å². The number of carbonyl (C=O) groups is 2. The third kappa shape index (κ3) is 7.10. The predicted molar refractivity (Wildman–Crippen MR) is 81.2 cm³/mol. The van der Waals surface area contributed by atoms with E-state index in [2.05, 4.69) is 15.8 Å². The van der Waals surface area contributed by atoms with Crippen LogP contribution in [0.4, 0.5) is 0 Å². The molecule has 0 radical (unpaired) electrons. The van der Waals surface area contributed by atoms with E-state index in [4.69, 9.17) is 4.74 Å². The van der Waals surface area contributed by atoms with Gasteiger partial charge in [-0.05, 0) is 23.6 Å². The standard InChI is InChI=1S/C15H21N3O3/c1-11(2)9-16-14(19)8-15(20)18-17-10-12-5-4-6-13(7-12)21-3/h4-7,10-11H,8-9H2,1-3H3,(H,16,19)(H,18,20)/b17-10+. The molecule has 1 aromatic carbocycles. The molecule has 1 aromatic rings. The second-order valence-corrected chi connectivity index (χ2v) is 4.94. The lowest BCUT2D eigenvalue weighted by atomic mass is 10.2. The van der Waals surface area contributed by atoms with Crippen LogP contribution >= 0.6 is 0 Å². The van der Waals surface area contributed by atoms with Crippen molar-refractivity contribution >= 4 is 18.0 Å². The van der Waals surface area contributed by atoms with Gasteiger partial charge in [-0.2, -0.15) is 5.10 Å². The van der Waals surface area contributed by atoms with Crippen LogP contribution in [0.15, 0.2) is 29.4 Å². The van der Waals surface area contributed by atoms with Crippen LogP contribution in [0.1, 0.15) is 25.8 Å². The van der Waals surface area contributed by atoms with Crippen LogP contribution in [0.5, 0.6) is 5.75 Å². The Morgan fingerprint density at radius 2 is 2.10 bits per heavy atom. The maximum absolute atomic E-state index is 11.5. The smallest absolute Gasteiger partial charge is 0.249 e. The highest BCUT2D eigenvalue weighted by Gasteiger charge is 2.08. The topological polar surface area (TPSA) is 79.8 Å². The fourth-order valence-electron chi connectivity index (χ4n) is 1.47. The van der Waals surface area contributed by atoms with Gasteiger partial charge in [0.05, 0.1) is 13.3 Å². The van der Waals surface area contributed by atoms with Gasteiger partial charge < -0.3 is 10.1 Å². The van der Waals surface area contributed by atoms with E-state index in [9.17, 15) is 9.59 Å². The summed E-state index contributed by atoms with van der Waals surface area (Å²) in [5.74, 6) is 0.301. The maximum Gasteiger partial charge on any atom is 0.249 e. The number of ether oxygens (including phenoxy) is 1. The van der Waals surface area contributed by atoms with Gasteiger partial charge >= 0.3 is 0 Å². The minimum absolute atomic E-state index is 0.234. The van der Waals surface area contributed by atoms with Gasteiger partial charge in [-0.3, -0.25) is 9.59 Å². The van der Waals surface area contributed by atoms with Gasteiger partial charge in [-0.25, -0.2) is 5.43 Å². The van der Waals surface area contributed by atoms with Crippen molar-refractivity contribution in [1.82, 2.24) is 10.7 Å². The van der Waals surface area contributed by atoms with Crippen molar-refractivity contribution < 1.29 is 14.3 Å². The van der Waals surface area contributed by atoms with E-state index in [0.29, 0.717) is 18.2 Å². The minimum atomic E-state index is -0.449. The fraction of sp³-hybridized carbons (Fsp3) is 0.400. The minimum Gasteiger partial charge on any atom is -0.497 e. The van der Waals surface area contributed by atoms with Crippen molar-refractivity contribution in [2.75, 3.05) is 13.7 Å². The Labute approximate surface area is 124 Å². The number of hydrogen-bond donors (Lipinski definition) is 2. The van der Waals surface area contributed by atoms with Crippen molar-refractivity contribution in [1.29, 1.82) is 0 Å². The fourth-order valence-corrected chi connectivity index (χ4v) is 1.47. The average molecular weight is 291 g/mol. The molecule has 2 amide bonds. The third-order valence-corrected chi connectivity index (χ3v) is 2.53. The van der Waals surface area contributed by atoms with Gasteiger partial charge in [0, 0.05) is 6.54 Å². The quantitative estimate of drug-likeness (QED) is 0.451. The van der Waals surface area contributed by atoms with Crippen molar-refractivity contribution in [3.05, 3.63) is 29.8 Å². The van der Waals surface area contributed by atoms with Crippen molar-refractivity contribution in [2.45, 2.75) is 20.3 Å². The van der Waals surface area contributed by atoms with Gasteiger partial charge in [0.1, 0.15) is 12.2 Å². The zero-order valence-corrected chi connectivity index (χ0v) is 12.6. The molecular weight excluding hydrogens is 270 g/mol. The van der Waals surface area contributed by atoms with Gasteiger partial charge in [0.15, 0.2) is 0 Å². The molecule has 0 saturated heterocycles. The monoisotopic (exact) mass is 291 g/mol. The highest BCUT2D eigenvalue weighted by Crippen LogP contribution is 2.10. The molecule has 0 aliphatic rings. The molecule has 0 bridgehead atoms. The summed E-state index contributed by atoms with van der Waals surface area (Å²) < 4.78 is 5.08. The van der Waals surface area contributed by atoms with Crippen molar-refractivity contribution in [3.63, 3.8) is 0 Å². The SMILES string of the molecule is COc1cccc(/C=N/NC(=O)CC(=O)NCC(C)C)c1. The van der Waals surface area contributed by atoms with E-state index >= 15 is 0 Å². The highest BCUT2D eigenvalue weighted by molar-refractivity contribution is 5.97. The van der Waals surface area contributed by atoms with Crippen LogP contribution < -0.4 is 15.5 Å². The molecular formula is C15H21N3O3. The molecule has 0 unspecified atom stereocenters. The lowest BCUT2D eigenvalue weighted by molar-refractivity contribution is -0.129. The number of hydrazone groups is 1. The predicted octanol–water partition coefficient (Wildman–Crippen LogP) is 1.31. The Morgan fingerprint density at radius 3 is 2.76 bits per heavy atom. The summed E-state index contributed by atoms with van der Waals surface area (Å²) in [6.07, 6.45) is 1.26. The molecule has 0 spiro atoms. The summed E-state index contributed by atoms with van der Waals surface area (Å²) in [5, 5.41) is 6.47. The molecule has 114 valence electrons. The molecule has 0 heterocycles. The number of methoxy groups -OCH3 is 1. The zero-order valence-electron chi connectivity index (χ0n) is 12.6. The molecule has 0 aliphatic heterocycles. The Morgan fingerprint density at radius 1 is 1.33 bits per heavy atom. The maximum atomic E-state index is 11.5. The Hall–Kier alpha value is -2.37. The van der Waals surface area contributed by atoms with Gasteiger partial charge in [0.2, 0.25) is 11.8 Å². The molecule has 0 aliphatic carbocycles. The highest BCUT2D eigenvalue weighted by atomic mass is 16.5. The summed E-state index contributed by atoms with van der Waals surface area (Å²) in [4.78, 5) is 22.9. The first-order chi connectivity index (χ1) is 10.0. The first-order valence-electron chi connectivity index (χ1n) is 6.74. The summed E-state index contributed by atoms with van der Waals surface area (Å²) in [7, 11) is 1.58. The molecule has 0 aromatic heterocycles. The summed E-state index contributed by atoms with van der Waals surface area (Å²) in [6.45, 7) is 4.52. The Bertz CT molecular complexity index is 513. The van der Waals surface area contributed by atoms with Crippen LogP contribution in [-0.4, -0.2) is 31.7 Å². The zero-order chi connectivity index (χ0) is 15.7. The number of nitrogens with one attached hydrogen (secondary N) is 2. The molecule has 0 atom stereocenters. The van der Waals surface area contributed by atoms with E-state index in [1.165, 1.54) is 6.21 Å². The summed E-state index contributed by atoms with van der Waals surface area (Å²) >= 11 is 0. The summed E-state index contributed by atoms with van der Waals surface area (Å²) in [6, 6.07) is 7.24. The normalized spacial score (nSPS) is 10.7. The number of rotatable bonds is 7. The van der Waals surface area contributed by atoms with Crippen molar-refractivity contribution in [3.8, 4) is 5.75 Å². The molecule has 6 nitrogen and oxygen atoms in total. The molecule has 6 heteroatoms. The van der Waals surface area contributed by atoms with Gasteiger partial charge in [-0.15, -0.1) is 0 Å². The number of nitrogens with zero attached hydrogens (tertiary/aromatic N) is 1. The Kier molecular flexibility index (Phi) is 6.94. The van der Waals surface area contributed by atoms with E-state index < -0.39 is 5.91 Å².